The predicted molar refractivity (Wildman–Crippen MR) is 126 cm³/mol. The molecular formula is C25H31FN2O5S. The monoisotopic (exact) mass is 490 g/mol. The molecule has 0 aromatic heterocycles. The van der Waals surface area contributed by atoms with Crippen LogP contribution in [0.25, 0.3) is 0 Å². The number of carbonyl (C=O) groups is 1. The Morgan fingerprint density at radius 2 is 1.62 bits per heavy atom. The van der Waals surface area contributed by atoms with Gasteiger partial charge in [0.05, 0.1) is 24.7 Å². The van der Waals surface area contributed by atoms with E-state index in [0.29, 0.717) is 24.3 Å². The summed E-state index contributed by atoms with van der Waals surface area (Å²) in [5, 5.41) is 3.25. The number of halogens is 1. The molecule has 0 unspecified atom stereocenters. The van der Waals surface area contributed by atoms with E-state index < -0.39 is 15.6 Å². The van der Waals surface area contributed by atoms with Crippen molar-refractivity contribution in [1.82, 2.24) is 9.62 Å². The molecule has 0 radical (unpaired) electrons. The number of carbonyl (C=O) groups excluding carboxylic acids is 1. The van der Waals surface area contributed by atoms with Crippen LogP contribution >= 0.6 is 0 Å². The van der Waals surface area contributed by atoms with Gasteiger partial charge in [0, 0.05) is 25.1 Å². The van der Waals surface area contributed by atoms with Crippen molar-refractivity contribution in [3.8, 4) is 11.5 Å². The average Bonchev–Trinajstić information content (AvgIpc) is 3.33. The Hall–Kier alpha value is -2.65. The van der Waals surface area contributed by atoms with Crippen LogP contribution in [0.4, 0.5) is 4.39 Å². The lowest BCUT2D eigenvalue weighted by atomic mass is 9.86. The fourth-order valence-corrected chi connectivity index (χ4v) is 6.54. The quantitative estimate of drug-likeness (QED) is 0.638. The maximum atomic E-state index is 13.4. The minimum Gasteiger partial charge on any atom is -0.493 e. The van der Waals surface area contributed by atoms with Gasteiger partial charge in [0.2, 0.25) is 15.9 Å². The van der Waals surface area contributed by atoms with Crippen molar-refractivity contribution in [1.29, 1.82) is 0 Å². The number of hydrogen-bond acceptors (Lipinski definition) is 5. The zero-order valence-corrected chi connectivity index (χ0v) is 20.4. The molecule has 9 heteroatoms. The van der Waals surface area contributed by atoms with Crippen molar-refractivity contribution in [3.05, 3.63) is 53.8 Å². The first kappa shape index (κ1) is 24.5. The molecule has 1 aliphatic carbocycles. The highest BCUT2D eigenvalue weighted by Gasteiger charge is 2.40. The molecule has 0 spiro atoms. The molecule has 1 saturated heterocycles. The molecular weight excluding hydrogens is 459 g/mol. The van der Waals surface area contributed by atoms with Crippen molar-refractivity contribution < 1.29 is 27.1 Å². The summed E-state index contributed by atoms with van der Waals surface area (Å²) in [4.78, 5) is 13.3. The SMILES string of the molecule is COc1ccc(S(=O)(=O)N2CCC(C(=O)NC3(c4ccc(F)cc4)CCCC3)CC2)cc1OC. The van der Waals surface area contributed by atoms with Crippen molar-refractivity contribution >= 4 is 15.9 Å². The lowest BCUT2D eigenvalue weighted by molar-refractivity contribution is -0.128. The highest BCUT2D eigenvalue weighted by molar-refractivity contribution is 7.89. The second-order valence-corrected chi connectivity index (χ2v) is 10.9. The standard InChI is InChI=1S/C25H31FN2O5S/c1-32-22-10-9-21(17-23(22)33-2)34(30,31)28-15-11-18(12-16-28)24(29)27-25(13-3-4-14-25)19-5-7-20(26)8-6-19/h5-10,17-18H,3-4,11-16H2,1-2H3,(H,27,29). The molecule has 2 fully saturated rings. The Balaban J connectivity index is 1.43. The number of piperidine rings is 1. The van der Waals surface area contributed by atoms with Gasteiger partial charge in [-0.15, -0.1) is 0 Å². The summed E-state index contributed by atoms with van der Waals surface area (Å²) in [6.07, 6.45) is 4.52. The molecule has 2 aliphatic rings. The fraction of sp³-hybridized carbons (Fsp3) is 0.480. The van der Waals surface area contributed by atoms with Crippen molar-refractivity contribution in [2.24, 2.45) is 5.92 Å². The van der Waals surface area contributed by atoms with Gasteiger partial charge in [0.1, 0.15) is 5.82 Å². The summed E-state index contributed by atoms with van der Waals surface area (Å²) in [5.74, 6) is 0.176. The summed E-state index contributed by atoms with van der Waals surface area (Å²) in [5.41, 5.74) is 0.446. The van der Waals surface area contributed by atoms with Crippen LogP contribution in [0.15, 0.2) is 47.4 Å². The number of methoxy groups -OCH3 is 2. The Bertz CT molecular complexity index is 1120. The molecule has 1 heterocycles. The number of hydrogen-bond donors (Lipinski definition) is 1. The molecule has 1 aliphatic heterocycles. The van der Waals surface area contributed by atoms with Gasteiger partial charge in [-0.3, -0.25) is 4.79 Å². The molecule has 2 aromatic carbocycles. The van der Waals surface area contributed by atoms with E-state index >= 15 is 0 Å². The molecule has 7 nitrogen and oxygen atoms in total. The maximum absolute atomic E-state index is 13.4. The van der Waals surface area contributed by atoms with E-state index in [1.807, 2.05) is 0 Å². The van der Waals surface area contributed by atoms with Gasteiger partial charge in [0.15, 0.2) is 11.5 Å². The third-order valence-corrected chi connectivity index (χ3v) is 8.93. The summed E-state index contributed by atoms with van der Waals surface area (Å²) in [7, 11) is -0.766. The van der Waals surface area contributed by atoms with Gasteiger partial charge >= 0.3 is 0 Å². The van der Waals surface area contributed by atoms with Crippen molar-refractivity contribution in [2.75, 3.05) is 27.3 Å². The minimum atomic E-state index is -3.72. The molecule has 4 rings (SSSR count). The van der Waals surface area contributed by atoms with Gasteiger partial charge in [-0.2, -0.15) is 4.31 Å². The number of nitrogens with one attached hydrogen (secondary N) is 1. The highest BCUT2D eigenvalue weighted by Crippen LogP contribution is 2.39. The number of sulfonamides is 1. The Morgan fingerprint density at radius 3 is 2.21 bits per heavy atom. The van der Waals surface area contributed by atoms with Gasteiger partial charge in [-0.05, 0) is 55.5 Å². The fourth-order valence-electron chi connectivity index (χ4n) is 5.06. The van der Waals surface area contributed by atoms with Crippen LogP contribution in [-0.2, 0) is 20.4 Å². The molecule has 34 heavy (non-hydrogen) atoms. The van der Waals surface area contributed by atoms with E-state index in [9.17, 15) is 17.6 Å². The van der Waals surface area contributed by atoms with E-state index in [1.54, 1.807) is 18.2 Å². The number of amides is 1. The second-order valence-electron chi connectivity index (χ2n) is 8.98. The van der Waals surface area contributed by atoms with Crippen molar-refractivity contribution in [3.63, 3.8) is 0 Å². The number of nitrogens with zero attached hydrogens (tertiary/aromatic N) is 1. The summed E-state index contributed by atoms with van der Waals surface area (Å²) in [6.45, 7) is 0.524. The largest absolute Gasteiger partial charge is 0.493 e. The lowest BCUT2D eigenvalue weighted by Crippen LogP contribution is -2.49. The first-order valence-electron chi connectivity index (χ1n) is 11.6. The second kappa shape index (κ2) is 9.92. The van der Waals surface area contributed by atoms with Gasteiger partial charge in [0.25, 0.3) is 0 Å². The lowest BCUT2D eigenvalue weighted by Gasteiger charge is -2.35. The van der Waals surface area contributed by atoms with E-state index in [1.165, 1.54) is 42.8 Å². The Morgan fingerprint density at radius 1 is 1.00 bits per heavy atom. The van der Waals surface area contributed by atoms with E-state index in [2.05, 4.69) is 5.32 Å². The summed E-state index contributed by atoms with van der Waals surface area (Å²) >= 11 is 0. The zero-order valence-electron chi connectivity index (χ0n) is 19.6. The maximum Gasteiger partial charge on any atom is 0.243 e. The smallest absolute Gasteiger partial charge is 0.243 e. The minimum absolute atomic E-state index is 0.0608. The molecule has 184 valence electrons. The van der Waals surface area contributed by atoms with Gasteiger partial charge in [-0.25, -0.2) is 12.8 Å². The van der Waals surface area contributed by atoms with Crippen molar-refractivity contribution in [2.45, 2.75) is 49.0 Å². The van der Waals surface area contributed by atoms with E-state index in [4.69, 9.17) is 9.47 Å². The van der Waals surface area contributed by atoms with E-state index in [0.717, 1.165) is 31.2 Å². The highest BCUT2D eigenvalue weighted by atomic mass is 32.2. The predicted octanol–water partition coefficient (Wildman–Crippen LogP) is 3.83. The van der Waals surface area contributed by atoms with Crippen LogP contribution in [-0.4, -0.2) is 45.9 Å². The molecule has 0 atom stereocenters. The normalized spacial score (nSPS) is 19.0. The molecule has 2 aromatic rings. The van der Waals surface area contributed by atoms with Crippen LogP contribution in [0.1, 0.15) is 44.1 Å². The van der Waals surface area contributed by atoms with Crippen LogP contribution < -0.4 is 14.8 Å². The number of ether oxygens (including phenoxy) is 2. The number of rotatable bonds is 7. The Labute approximate surface area is 200 Å². The van der Waals surface area contributed by atoms with Crippen LogP contribution in [0.3, 0.4) is 0 Å². The molecule has 1 saturated carbocycles. The molecule has 1 amide bonds. The topological polar surface area (TPSA) is 84.9 Å². The van der Waals surface area contributed by atoms with Crippen LogP contribution in [0.5, 0.6) is 11.5 Å². The zero-order chi connectivity index (χ0) is 24.3. The Kier molecular flexibility index (Phi) is 7.14. The third-order valence-electron chi connectivity index (χ3n) is 7.03. The van der Waals surface area contributed by atoms with Gasteiger partial charge < -0.3 is 14.8 Å². The average molecular weight is 491 g/mol. The summed E-state index contributed by atoms with van der Waals surface area (Å²) < 4.78 is 51.6. The third kappa shape index (κ3) is 4.77. The molecule has 1 N–H and O–H groups in total. The number of benzene rings is 2. The summed E-state index contributed by atoms with van der Waals surface area (Å²) in [6, 6.07) is 10.9. The molecule has 0 bridgehead atoms. The first-order valence-corrected chi connectivity index (χ1v) is 13.0. The van der Waals surface area contributed by atoms with Gasteiger partial charge in [-0.1, -0.05) is 25.0 Å². The van der Waals surface area contributed by atoms with Crippen LogP contribution in [0, 0.1) is 11.7 Å². The van der Waals surface area contributed by atoms with Crippen LogP contribution in [0.2, 0.25) is 0 Å². The first-order chi connectivity index (χ1) is 16.3. The van der Waals surface area contributed by atoms with E-state index in [-0.39, 0.29) is 35.6 Å².